The average Bonchev–Trinajstić information content (AvgIpc) is 2.46. The molecule has 8 nitrogen and oxygen atoms in total. The molecule has 2 heterocycles. The van der Waals surface area contributed by atoms with E-state index < -0.39 is 6.09 Å². The zero-order valence-corrected chi connectivity index (χ0v) is 14.0. The lowest BCUT2D eigenvalue weighted by Crippen LogP contribution is -2.39. The maximum atomic E-state index is 10.9. The lowest BCUT2D eigenvalue weighted by Gasteiger charge is -2.30. The van der Waals surface area contributed by atoms with Crippen molar-refractivity contribution in [2.45, 2.75) is 39.2 Å². The number of nitrogens with one attached hydrogen (secondary N) is 2. The molecular formula is C15H26N6O2. The van der Waals surface area contributed by atoms with Crippen LogP contribution in [0.4, 0.5) is 22.2 Å². The summed E-state index contributed by atoms with van der Waals surface area (Å²) in [5, 5.41) is 15.4. The quantitative estimate of drug-likeness (QED) is 0.670. The van der Waals surface area contributed by atoms with E-state index in [2.05, 4.69) is 20.6 Å². The van der Waals surface area contributed by atoms with Crippen molar-refractivity contribution in [1.29, 1.82) is 0 Å². The van der Waals surface area contributed by atoms with Crippen molar-refractivity contribution in [2.24, 2.45) is 5.92 Å². The third-order valence-electron chi connectivity index (χ3n) is 3.75. The van der Waals surface area contributed by atoms with Crippen molar-refractivity contribution in [3.63, 3.8) is 0 Å². The zero-order chi connectivity index (χ0) is 17.0. The molecule has 23 heavy (non-hydrogen) atoms. The Bertz CT molecular complexity index is 549. The summed E-state index contributed by atoms with van der Waals surface area (Å²) in [5.74, 6) is 1.57. The molecule has 128 valence electrons. The standard InChI is InChI=1S/C15H26N6O2/c1-15(2,3)20-13-18-9-11(16)12(19-13)17-8-10-4-6-21(7-5-10)14(22)23/h9-10H,4-8,16H2,1-3H3,(H,22,23)(H2,17,18,19,20). The van der Waals surface area contributed by atoms with Gasteiger partial charge in [0.05, 0.1) is 11.9 Å². The van der Waals surface area contributed by atoms with Gasteiger partial charge in [-0.3, -0.25) is 0 Å². The Balaban J connectivity index is 1.90. The van der Waals surface area contributed by atoms with E-state index in [1.807, 2.05) is 20.8 Å². The van der Waals surface area contributed by atoms with Crippen LogP contribution < -0.4 is 16.4 Å². The van der Waals surface area contributed by atoms with Crippen molar-refractivity contribution in [3.05, 3.63) is 6.20 Å². The third kappa shape index (κ3) is 5.15. The van der Waals surface area contributed by atoms with Crippen LogP contribution in [0.5, 0.6) is 0 Å². The highest BCUT2D eigenvalue weighted by molar-refractivity contribution is 5.65. The van der Waals surface area contributed by atoms with E-state index in [-0.39, 0.29) is 5.54 Å². The molecule has 0 saturated carbocycles. The number of rotatable bonds is 4. The van der Waals surface area contributed by atoms with Gasteiger partial charge in [0.1, 0.15) is 0 Å². The first kappa shape index (κ1) is 17.1. The summed E-state index contributed by atoms with van der Waals surface area (Å²) >= 11 is 0. The average molecular weight is 322 g/mol. The minimum Gasteiger partial charge on any atom is -0.465 e. The summed E-state index contributed by atoms with van der Waals surface area (Å²) in [4.78, 5) is 21.0. The van der Waals surface area contributed by atoms with Gasteiger partial charge in [0.25, 0.3) is 0 Å². The first-order chi connectivity index (χ1) is 10.7. The van der Waals surface area contributed by atoms with Crippen LogP contribution in [-0.4, -0.2) is 51.2 Å². The number of amides is 1. The molecule has 0 aromatic carbocycles. The van der Waals surface area contributed by atoms with Gasteiger partial charge in [-0.25, -0.2) is 9.78 Å². The highest BCUT2D eigenvalue weighted by atomic mass is 16.4. The van der Waals surface area contributed by atoms with Gasteiger partial charge in [0, 0.05) is 25.2 Å². The van der Waals surface area contributed by atoms with Gasteiger partial charge >= 0.3 is 6.09 Å². The number of carbonyl (C=O) groups is 1. The maximum Gasteiger partial charge on any atom is 0.407 e. The summed E-state index contributed by atoms with van der Waals surface area (Å²) in [7, 11) is 0. The number of anilines is 3. The molecule has 1 aliphatic heterocycles. The molecule has 2 rings (SSSR count). The molecule has 1 aromatic rings. The van der Waals surface area contributed by atoms with Gasteiger partial charge in [0.15, 0.2) is 5.82 Å². The van der Waals surface area contributed by atoms with Gasteiger partial charge in [-0.15, -0.1) is 0 Å². The van der Waals surface area contributed by atoms with E-state index in [0.717, 1.165) is 19.4 Å². The zero-order valence-electron chi connectivity index (χ0n) is 14.0. The monoisotopic (exact) mass is 322 g/mol. The fraction of sp³-hybridized carbons (Fsp3) is 0.667. The molecule has 0 atom stereocenters. The largest absolute Gasteiger partial charge is 0.465 e. The van der Waals surface area contributed by atoms with Crippen LogP contribution in [0.15, 0.2) is 6.20 Å². The molecule has 1 saturated heterocycles. The molecule has 0 bridgehead atoms. The second-order valence-corrected chi connectivity index (χ2v) is 6.97. The van der Waals surface area contributed by atoms with Crippen molar-refractivity contribution in [3.8, 4) is 0 Å². The van der Waals surface area contributed by atoms with Crippen molar-refractivity contribution in [2.75, 3.05) is 36.0 Å². The molecule has 0 radical (unpaired) electrons. The topological polar surface area (TPSA) is 116 Å². The van der Waals surface area contributed by atoms with Crippen LogP contribution in [-0.2, 0) is 0 Å². The highest BCUT2D eigenvalue weighted by Gasteiger charge is 2.22. The van der Waals surface area contributed by atoms with Crippen LogP contribution in [0.3, 0.4) is 0 Å². The summed E-state index contributed by atoms with van der Waals surface area (Å²) in [5.41, 5.74) is 6.31. The molecule has 0 unspecified atom stereocenters. The van der Waals surface area contributed by atoms with E-state index >= 15 is 0 Å². The minimum absolute atomic E-state index is 0.128. The van der Waals surface area contributed by atoms with Gasteiger partial charge < -0.3 is 26.4 Å². The third-order valence-corrected chi connectivity index (χ3v) is 3.75. The number of hydrogen-bond acceptors (Lipinski definition) is 6. The molecule has 1 fully saturated rings. The second-order valence-electron chi connectivity index (χ2n) is 6.97. The fourth-order valence-corrected chi connectivity index (χ4v) is 2.50. The summed E-state index contributed by atoms with van der Waals surface area (Å²) in [6.45, 7) is 8.00. The molecule has 1 amide bonds. The molecule has 5 N–H and O–H groups in total. The van der Waals surface area contributed by atoms with Crippen LogP contribution in [0, 0.1) is 5.92 Å². The smallest absolute Gasteiger partial charge is 0.407 e. The van der Waals surface area contributed by atoms with Crippen LogP contribution >= 0.6 is 0 Å². The molecule has 8 heteroatoms. The number of hydrogen-bond donors (Lipinski definition) is 4. The number of piperidine rings is 1. The second kappa shape index (κ2) is 6.89. The number of nitrogens with two attached hydrogens (primary N) is 1. The number of aromatic nitrogens is 2. The van der Waals surface area contributed by atoms with Crippen molar-refractivity contribution < 1.29 is 9.90 Å². The lowest BCUT2D eigenvalue weighted by atomic mass is 9.97. The fourth-order valence-electron chi connectivity index (χ4n) is 2.50. The summed E-state index contributed by atoms with van der Waals surface area (Å²) < 4.78 is 0. The SMILES string of the molecule is CC(C)(C)Nc1ncc(N)c(NCC2CCN(C(=O)O)CC2)n1. The molecule has 1 aliphatic rings. The normalized spacial score (nSPS) is 16.2. The highest BCUT2D eigenvalue weighted by Crippen LogP contribution is 2.21. The van der Waals surface area contributed by atoms with Crippen molar-refractivity contribution >= 4 is 23.5 Å². The summed E-state index contributed by atoms with van der Waals surface area (Å²) in [6, 6.07) is 0. The van der Waals surface area contributed by atoms with Crippen LogP contribution in [0.2, 0.25) is 0 Å². The Kier molecular flexibility index (Phi) is 5.12. The molecular weight excluding hydrogens is 296 g/mol. The van der Waals surface area contributed by atoms with Crippen molar-refractivity contribution in [1.82, 2.24) is 14.9 Å². The van der Waals surface area contributed by atoms with Gasteiger partial charge in [-0.05, 0) is 39.5 Å². The number of likely N-dealkylation sites (tertiary alicyclic amines) is 1. The number of nitrogens with zero attached hydrogens (tertiary/aromatic N) is 3. The van der Waals surface area contributed by atoms with Gasteiger partial charge in [-0.2, -0.15) is 4.98 Å². The van der Waals surface area contributed by atoms with E-state index in [1.165, 1.54) is 4.90 Å². The first-order valence-corrected chi connectivity index (χ1v) is 7.87. The number of carboxylic acid groups (broad SMARTS) is 1. The molecule has 1 aromatic heterocycles. The predicted octanol–water partition coefficient (Wildman–Crippen LogP) is 2.07. The Morgan fingerprint density at radius 2 is 2.09 bits per heavy atom. The van der Waals surface area contributed by atoms with Crippen LogP contribution in [0.25, 0.3) is 0 Å². The van der Waals surface area contributed by atoms with E-state index in [1.54, 1.807) is 6.20 Å². The Morgan fingerprint density at radius 3 is 2.65 bits per heavy atom. The first-order valence-electron chi connectivity index (χ1n) is 7.87. The van der Waals surface area contributed by atoms with E-state index in [4.69, 9.17) is 10.8 Å². The van der Waals surface area contributed by atoms with Crippen LogP contribution in [0.1, 0.15) is 33.6 Å². The Morgan fingerprint density at radius 1 is 1.43 bits per heavy atom. The Hall–Kier alpha value is -2.25. The molecule has 0 spiro atoms. The van der Waals surface area contributed by atoms with Gasteiger partial charge in [0.2, 0.25) is 5.95 Å². The number of nitrogen functional groups attached to an aromatic ring is 1. The lowest BCUT2D eigenvalue weighted by molar-refractivity contribution is 0.126. The minimum atomic E-state index is -0.839. The molecule has 0 aliphatic carbocycles. The van der Waals surface area contributed by atoms with Gasteiger partial charge in [-0.1, -0.05) is 0 Å². The summed E-state index contributed by atoms with van der Waals surface area (Å²) in [6.07, 6.45) is 2.44. The van der Waals surface area contributed by atoms with E-state index in [9.17, 15) is 4.79 Å². The predicted molar refractivity (Wildman–Crippen MR) is 90.6 cm³/mol. The Labute approximate surface area is 136 Å². The van der Waals surface area contributed by atoms with E-state index in [0.29, 0.717) is 36.5 Å². The maximum absolute atomic E-state index is 10.9.